The van der Waals surface area contributed by atoms with Gasteiger partial charge in [0, 0.05) is 25.7 Å². The van der Waals surface area contributed by atoms with E-state index in [9.17, 15) is 9.59 Å². The molecule has 2 aromatic heterocycles. The summed E-state index contributed by atoms with van der Waals surface area (Å²) in [7, 11) is 3.29. The van der Waals surface area contributed by atoms with Crippen molar-refractivity contribution in [3.8, 4) is 5.75 Å². The number of benzene rings is 2. The standard InChI is InChI=1S/C22H22N6O3/c1-26-21(30)15-6-3-4-7-16(15)28-19(24-25-22(26)28)13-23-14-9-10-18(31-2)17(12-14)27-11-5-8-20(27)29/h3-4,6-7,9-10,12,23H,5,8,11,13H2,1-2H3. The van der Waals surface area contributed by atoms with E-state index in [0.717, 1.165) is 23.3 Å². The van der Waals surface area contributed by atoms with Gasteiger partial charge in [-0.05, 0) is 36.8 Å². The Balaban J connectivity index is 1.51. The first-order valence-electron chi connectivity index (χ1n) is 10.1. The average molecular weight is 418 g/mol. The Labute approximate surface area is 177 Å². The number of hydrogen-bond donors (Lipinski definition) is 1. The Bertz CT molecular complexity index is 1370. The van der Waals surface area contributed by atoms with Crippen LogP contribution in [0.2, 0.25) is 0 Å². The zero-order chi connectivity index (χ0) is 21.5. The van der Waals surface area contributed by atoms with Gasteiger partial charge < -0.3 is 15.0 Å². The quantitative estimate of drug-likeness (QED) is 0.535. The van der Waals surface area contributed by atoms with E-state index in [0.29, 0.717) is 42.2 Å². The van der Waals surface area contributed by atoms with Gasteiger partial charge in [0.15, 0.2) is 5.82 Å². The number of fused-ring (bicyclic) bond motifs is 3. The number of anilines is 2. The maximum Gasteiger partial charge on any atom is 0.262 e. The molecule has 1 aliphatic rings. The Morgan fingerprint density at radius 3 is 2.74 bits per heavy atom. The van der Waals surface area contributed by atoms with Crippen LogP contribution in [0.15, 0.2) is 47.3 Å². The van der Waals surface area contributed by atoms with Gasteiger partial charge in [-0.2, -0.15) is 0 Å². The smallest absolute Gasteiger partial charge is 0.262 e. The summed E-state index contributed by atoms with van der Waals surface area (Å²) in [4.78, 5) is 26.6. The number of para-hydroxylation sites is 1. The lowest BCUT2D eigenvalue weighted by Crippen LogP contribution is -2.24. The highest BCUT2D eigenvalue weighted by Crippen LogP contribution is 2.34. The molecule has 2 aromatic carbocycles. The van der Waals surface area contributed by atoms with Crippen LogP contribution in [0.5, 0.6) is 5.75 Å². The van der Waals surface area contributed by atoms with Crippen molar-refractivity contribution < 1.29 is 9.53 Å². The summed E-state index contributed by atoms with van der Waals surface area (Å²) in [6.45, 7) is 1.08. The first kappa shape index (κ1) is 19.1. The monoisotopic (exact) mass is 418 g/mol. The normalized spacial score (nSPS) is 14.0. The van der Waals surface area contributed by atoms with Crippen molar-refractivity contribution in [2.45, 2.75) is 19.4 Å². The van der Waals surface area contributed by atoms with Crippen molar-refractivity contribution in [3.05, 3.63) is 58.6 Å². The molecule has 9 nitrogen and oxygen atoms in total. The zero-order valence-corrected chi connectivity index (χ0v) is 17.3. The number of nitrogens with zero attached hydrogens (tertiary/aromatic N) is 5. The van der Waals surface area contributed by atoms with Gasteiger partial charge in [0.2, 0.25) is 11.7 Å². The van der Waals surface area contributed by atoms with Crippen LogP contribution in [0.4, 0.5) is 11.4 Å². The summed E-state index contributed by atoms with van der Waals surface area (Å²) < 4.78 is 8.85. The predicted molar refractivity (Wildman–Crippen MR) is 118 cm³/mol. The van der Waals surface area contributed by atoms with Gasteiger partial charge in [-0.15, -0.1) is 10.2 Å². The van der Waals surface area contributed by atoms with Crippen LogP contribution in [-0.2, 0) is 18.4 Å². The number of rotatable bonds is 5. The van der Waals surface area contributed by atoms with Crippen LogP contribution in [0.1, 0.15) is 18.7 Å². The third-order valence-electron chi connectivity index (χ3n) is 5.69. The number of aryl methyl sites for hydroxylation is 1. The fourth-order valence-corrected chi connectivity index (χ4v) is 4.10. The van der Waals surface area contributed by atoms with Crippen molar-refractivity contribution in [1.82, 2.24) is 19.2 Å². The van der Waals surface area contributed by atoms with Crippen LogP contribution < -0.4 is 20.5 Å². The average Bonchev–Trinajstić information content (AvgIpc) is 3.42. The molecular formula is C22H22N6O3. The Hall–Kier alpha value is -3.88. The van der Waals surface area contributed by atoms with E-state index in [2.05, 4.69) is 15.5 Å². The molecule has 1 N–H and O–H groups in total. The minimum Gasteiger partial charge on any atom is -0.495 e. The lowest BCUT2D eigenvalue weighted by Gasteiger charge is -2.20. The van der Waals surface area contributed by atoms with Gasteiger partial charge in [-0.1, -0.05) is 12.1 Å². The number of aromatic nitrogens is 4. The number of nitrogens with one attached hydrogen (secondary N) is 1. The maximum absolute atomic E-state index is 12.6. The van der Waals surface area contributed by atoms with E-state index in [1.54, 1.807) is 25.1 Å². The van der Waals surface area contributed by atoms with Gasteiger partial charge >= 0.3 is 0 Å². The molecule has 9 heteroatoms. The van der Waals surface area contributed by atoms with E-state index in [-0.39, 0.29) is 11.5 Å². The molecule has 0 unspecified atom stereocenters. The van der Waals surface area contributed by atoms with Gasteiger partial charge in [0.25, 0.3) is 5.56 Å². The first-order valence-corrected chi connectivity index (χ1v) is 10.1. The topological polar surface area (TPSA) is 93.8 Å². The molecule has 0 aliphatic carbocycles. The maximum atomic E-state index is 12.6. The van der Waals surface area contributed by atoms with Crippen molar-refractivity contribution in [1.29, 1.82) is 0 Å². The van der Waals surface area contributed by atoms with Gasteiger partial charge in [-0.25, -0.2) is 0 Å². The second-order valence-corrected chi connectivity index (χ2v) is 7.52. The lowest BCUT2D eigenvalue weighted by atomic mass is 10.2. The summed E-state index contributed by atoms with van der Waals surface area (Å²) in [6.07, 6.45) is 1.40. The minimum atomic E-state index is -0.106. The molecule has 31 heavy (non-hydrogen) atoms. The number of carbonyl (C=O) groups excluding carboxylic acids is 1. The fraction of sp³-hybridized carbons (Fsp3) is 0.273. The fourth-order valence-electron chi connectivity index (χ4n) is 4.10. The Kier molecular flexibility index (Phi) is 4.58. The molecule has 1 aliphatic heterocycles. The zero-order valence-electron chi connectivity index (χ0n) is 17.3. The third kappa shape index (κ3) is 3.09. The van der Waals surface area contributed by atoms with Crippen molar-refractivity contribution >= 4 is 34.0 Å². The van der Waals surface area contributed by atoms with Crippen LogP contribution in [0, 0.1) is 0 Å². The van der Waals surface area contributed by atoms with E-state index in [1.807, 2.05) is 40.8 Å². The highest BCUT2D eigenvalue weighted by molar-refractivity contribution is 5.97. The summed E-state index contributed by atoms with van der Waals surface area (Å²) in [6, 6.07) is 13.1. The molecule has 3 heterocycles. The largest absolute Gasteiger partial charge is 0.495 e. The molecule has 0 bridgehead atoms. The Morgan fingerprint density at radius 1 is 1.13 bits per heavy atom. The number of hydrogen-bond acceptors (Lipinski definition) is 6. The Morgan fingerprint density at radius 2 is 1.97 bits per heavy atom. The molecule has 0 spiro atoms. The number of carbonyl (C=O) groups is 1. The first-order chi connectivity index (χ1) is 15.1. The van der Waals surface area contributed by atoms with Gasteiger partial charge in [0.05, 0.1) is 30.2 Å². The lowest BCUT2D eigenvalue weighted by molar-refractivity contribution is -0.117. The van der Waals surface area contributed by atoms with Crippen molar-refractivity contribution in [2.75, 3.05) is 23.9 Å². The highest BCUT2D eigenvalue weighted by atomic mass is 16.5. The molecule has 0 radical (unpaired) electrons. The molecule has 0 atom stereocenters. The van der Waals surface area contributed by atoms with Gasteiger partial charge in [0.1, 0.15) is 5.75 Å². The van der Waals surface area contributed by atoms with E-state index in [4.69, 9.17) is 4.74 Å². The molecule has 158 valence electrons. The van der Waals surface area contributed by atoms with Crippen molar-refractivity contribution in [3.63, 3.8) is 0 Å². The number of methoxy groups -OCH3 is 1. The van der Waals surface area contributed by atoms with Gasteiger partial charge in [-0.3, -0.25) is 18.6 Å². The van der Waals surface area contributed by atoms with Crippen LogP contribution in [0.25, 0.3) is 16.7 Å². The van der Waals surface area contributed by atoms with E-state index < -0.39 is 0 Å². The molecule has 5 rings (SSSR count). The van der Waals surface area contributed by atoms with Crippen molar-refractivity contribution in [2.24, 2.45) is 7.05 Å². The van der Waals surface area contributed by atoms with E-state index >= 15 is 0 Å². The highest BCUT2D eigenvalue weighted by Gasteiger charge is 2.24. The van der Waals surface area contributed by atoms with E-state index in [1.165, 1.54) is 4.57 Å². The minimum absolute atomic E-state index is 0.103. The molecule has 1 amide bonds. The molecule has 0 saturated carbocycles. The van der Waals surface area contributed by atoms with Crippen LogP contribution >= 0.6 is 0 Å². The summed E-state index contributed by atoms with van der Waals surface area (Å²) >= 11 is 0. The molecule has 4 aromatic rings. The third-order valence-corrected chi connectivity index (χ3v) is 5.69. The number of ether oxygens (including phenoxy) is 1. The predicted octanol–water partition coefficient (Wildman–Crippen LogP) is 2.33. The number of amides is 1. The SMILES string of the molecule is COc1ccc(NCc2nnc3n(C)c(=O)c4ccccc4n23)cc1N1CCCC1=O. The summed E-state index contributed by atoms with van der Waals surface area (Å²) in [5, 5.41) is 12.5. The second kappa shape index (κ2) is 7.42. The summed E-state index contributed by atoms with van der Waals surface area (Å²) in [5.41, 5.74) is 2.25. The molecular weight excluding hydrogens is 396 g/mol. The second-order valence-electron chi connectivity index (χ2n) is 7.52. The molecule has 1 fully saturated rings. The van der Waals surface area contributed by atoms with Crippen LogP contribution in [0.3, 0.4) is 0 Å². The molecule has 1 saturated heterocycles. The summed E-state index contributed by atoms with van der Waals surface area (Å²) in [5.74, 6) is 1.93. The van der Waals surface area contributed by atoms with Crippen LogP contribution in [-0.4, -0.2) is 38.7 Å².